The van der Waals surface area contributed by atoms with Gasteiger partial charge in [0.1, 0.15) is 11.6 Å². The van der Waals surface area contributed by atoms with E-state index in [0.29, 0.717) is 24.5 Å². The monoisotopic (exact) mass is 615 g/mol. The Labute approximate surface area is 256 Å². The highest BCUT2D eigenvalue weighted by molar-refractivity contribution is 7.89. The number of thiocarbonyl (C=S) groups is 1. The number of rotatable bonds is 12. The molecule has 3 saturated heterocycles. The van der Waals surface area contributed by atoms with Gasteiger partial charge in [-0.1, -0.05) is 6.42 Å². The lowest BCUT2D eigenvalue weighted by molar-refractivity contribution is 0.346. The van der Waals surface area contributed by atoms with Crippen molar-refractivity contribution in [1.29, 1.82) is 0 Å². The number of aromatic nitrogens is 2. The molecule has 42 heavy (non-hydrogen) atoms. The molecule has 2 aromatic rings. The van der Waals surface area contributed by atoms with Crippen molar-refractivity contribution in [3.05, 3.63) is 30.3 Å². The first kappa shape index (κ1) is 30.7. The fraction of sp³-hybridized carbons (Fsp3) is 0.621. The van der Waals surface area contributed by atoms with Crippen LogP contribution in [0.25, 0.3) is 0 Å². The average molecular weight is 616 g/mol. The summed E-state index contributed by atoms with van der Waals surface area (Å²) >= 11 is 5.35. The van der Waals surface area contributed by atoms with Gasteiger partial charge in [-0.25, -0.2) is 8.42 Å². The fourth-order valence-corrected chi connectivity index (χ4v) is 7.57. The number of hydrogen-bond acceptors (Lipinski definition) is 9. The smallest absolute Gasteiger partial charge is 0.243 e. The van der Waals surface area contributed by atoms with Gasteiger partial charge in [0, 0.05) is 77.2 Å². The van der Waals surface area contributed by atoms with Crippen molar-refractivity contribution >= 4 is 50.6 Å². The van der Waals surface area contributed by atoms with Gasteiger partial charge in [0.2, 0.25) is 16.0 Å². The molecule has 5 rings (SSSR count). The summed E-state index contributed by atoms with van der Waals surface area (Å²) in [7, 11) is -1.41. The predicted octanol–water partition coefficient (Wildman–Crippen LogP) is 2.95. The van der Waals surface area contributed by atoms with E-state index in [9.17, 15) is 8.42 Å². The number of benzene rings is 1. The van der Waals surface area contributed by atoms with Crippen LogP contribution in [0, 0.1) is 0 Å². The maximum absolute atomic E-state index is 13.0. The van der Waals surface area contributed by atoms with E-state index in [2.05, 4.69) is 33.1 Å². The highest BCUT2D eigenvalue weighted by Crippen LogP contribution is 2.26. The average Bonchev–Trinajstić information content (AvgIpc) is 3.73. The first-order valence-electron chi connectivity index (χ1n) is 15.3. The van der Waals surface area contributed by atoms with Gasteiger partial charge < -0.3 is 30.7 Å². The SMILES string of the molecule is CN(CCNc1cc(N2CCCC2)nc(N2CCCC2)n1)CCN(C(N)=S)c1ccc(S(=O)(=O)N2CCCCC2)cc1. The van der Waals surface area contributed by atoms with Crippen LogP contribution < -0.4 is 25.8 Å². The van der Waals surface area contributed by atoms with Gasteiger partial charge in [0.15, 0.2) is 5.11 Å². The van der Waals surface area contributed by atoms with Gasteiger partial charge in [0.05, 0.1) is 4.90 Å². The number of nitrogens with zero attached hydrogens (tertiary/aromatic N) is 7. The van der Waals surface area contributed by atoms with Crippen LogP contribution in [0.1, 0.15) is 44.9 Å². The second-order valence-corrected chi connectivity index (χ2v) is 13.8. The summed E-state index contributed by atoms with van der Waals surface area (Å²) in [4.78, 5) is 18.8. The van der Waals surface area contributed by atoms with E-state index in [4.69, 9.17) is 27.9 Å². The highest BCUT2D eigenvalue weighted by atomic mass is 32.2. The molecule has 0 spiro atoms. The second kappa shape index (κ2) is 14.2. The standard InChI is InChI=1S/C29H45N9O2S2/c1-34(20-13-31-26-23-27(35-14-5-6-15-35)33-29(32-26)36-16-7-8-17-36)21-22-38(28(30)41)24-9-11-25(12-10-24)42(39,40)37-18-3-2-4-19-37/h9-12,23H,2-8,13-22H2,1H3,(H2,30,41)(H,31,32,33). The molecule has 1 aromatic heterocycles. The lowest BCUT2D eigenvalue weighted by Gasteiger charge is -2.27. The topological polar surface area (TPSA) is 114 Å². The molecule has 3 N–H and O–H groups in total. The molecule has 3 aliphatic rings. The molecule has 0 unspecified atom stereocenters. The number of nitrogens with two attached hydrogens (primary N) is 1. The molecular weight excluding hydrogens is 571 g/mol. The molecule has 13 heteroatoms. The summed E-state index contributed by atoms with van der Waals surface area (Å²) in [5.41, 5.74) is 6.87. The van der Waals surface area contributed by atoms with Gasteiger partial charge in [0.25, 0.3) is 0 Å². The zero-order valence-electron chi connectivity index (χ0n) is 24.7. The third kappa shape index (κ3) is 7.61. The molecule has 0 amide bonds. The Morgan fingerprint density at radius 3 is 2.14 bits per heavy atom. The maximum atomic E-state index is 13.0. The van der Waals surface area contributed by atoms with Gasteiger partial charge in [-0.05, 0) is 82.1 Å². The van der Waals surface area contributed by atoms with Crippen molar-refractivity contribution in [3.8, 4) is 0 Å². The lowest BCUT2D eigenvalue weighted by atomic mass is 10.2. The van der Waals surface area contributed by atoms with Crippen LogP contribution in [-0.2, 0) is 10.0 Å². The minimum absolute atomic E-state index is 0.262. The van der Waals surface area contributed by atoms with Crippen LogP contribution in [0.2, 0.25) is 0 Å². The Balaban J connectivity index is 1.15. The van der Waals surface area contributed by atoms with Crippen LogP contribution in [0.3, 0.4) is 0 Å². The Morgan fingerprint density at radius 1 is 0.881 bits per heavy atom. The van der Waals surface area contributed by atoms with Crippen molar-refractivity contribution in [2.75, 3.05) is 92.5 Å². The summed E-state index contributed by atoms with van der Waals surface area (Å²) in [6, 6.07) is 8.99. The van der Waals surface area contributed by atoms with Crippen molar-refractivity contribution < 1.29 is 8.42 Å². The van der Waals surface area contributed by atoms with Crippen LogP contribution in [0.4, 0.5) is 23.3 Å². The van der Waals surface area contributed by atoms with Gasteiger partial charge >= 0.3 is 0 Å². The summed E-state index contributed by atoms with van der Waals surface area (Å²) in [5, 5.41) is 3.78. The van der Waals surface area contributed by atoms with E-state index in [-0.39, 0.29) is 5.11 Å². The molecule has 0 aliphatic carbocycles. The first-order valence-corrected chi connectivity index (χ1v) is 17.1. The third-order valence-corrected chi connectivity index (χ3v) is 10.5. The van der Waals surface area contributed by atoms with E-state index in [1.807, 2.05) is 4.90 Å². The van der Waals surface area contributed by atoms with Crippen molar-refractivity contribution in [3.63, 3.8) is 0 Å². The van der Waals surface area contributed by atoms with E-state index in [1.54, 1.807) is 28.6 Å². The number of piperidine rings is 1. The number of anilines is 4. The minimum atomic E-state index is -3.48. The molecule has 0 atom stereocenters. The number of likely N-dealkylation sites (N-methyl/N-ethyl adjacent to an activating group) is 1. The Morgan fingerprint density at radius 2 is 1.50 bits per heavy atom. The number of sulfonamides is 1. The number of hydrogen-bond donors (Lipinski definition) is 2. The molecule has 0 saturated carbocycles. The van der Waals surface area contributed by atoms with Gasteiger partial charge in [-0.3, -0.25) is 0 Å². The first-order chi connectivity index (χ1) is 20.3. The van der Waals surface area contributed by atoms with E-state index >= 15 is 0 Å². The van der Waals surface area contributed by atoms with E-state index in [0.717, 1.165) is 88.3 Å². The molecule has 1 aromatic carbocycles. The van der Waals surface area contributed by atoms with E-state index in [1.165, 1.54) is 25.7 Å². The highest BCUT2D eigenvalue weighted by Gasteiger charge is 2.26. The van der Waals surface area contributed by atoms with Crippen LogP contribution in [-0.4, -0.2) is 105 Å². The largest absolute Gasteiger partial charge is 0.376 e. The molecule has 230 valence electrons. The zero-order valence-corrected chi connectivity index (χ0v) is 26.4. The summed E-state index contributed by atoms with van der Waals surface area (Å²) in [6.45, 7) is 8.17. The zero-order chi connectivity index (χ0) is 29.5. The van der Waals surface area contributed by atoms with Crippen LogP contribution >= 0.6 is 12.2 Å². The van der Waals surface area contributed by atoms with Crippen molar-refractivity contribution in [2.24, 2.45) is 5.73 Å². The molecule has 0 bridgehead atoms. The normalized spacial score (nSPS) is 18.1. The molecule has 3 fully saturated rings. The Hall–Kier alpha value is -2.74. The molecular formula is C29H45N9O2S2. The molecule has 4 heterocycles. The molecule has 0 radical (unpaired) electrons. The minimum Gasteiger partial charge on any atom is -0.376 e. The number of nitrogens with one attached hydrogen (secondary N) is 1. The van der Waals surface area contributed by atoms with Gasteiger partial charge in [-0.2, -0.15) is 14.3 Å². The van der Waals surface area contributed by atoms with Gasteiger partial charge in [-0.15, -0.1) is 0 Å². The third-order valence-electron chi connectivity index (χ3n) is 8.39. The van der Waals surface area contributed by atoms with Crippen molar-refractivity contribution in [2.45, 2.75) is 49.8 Å². The quantitative estimate of drug-likeness (QED) is 0.344. The van der Waals surface area contributed by atoms with E-state index < -0.39 is 10.0 Å². The second-order valence-electron chi connectivity index (χ2n) is 11.5. The molecule has 11 nitrogen and oxygen atoms in total. The fourth-order valence-electron chi connectivity index (χ4n) is 5.86. The Kier molecular flexibility index (Phi) is 10.3. The van der Waals surface area contributed by atoms with Crippen LogP contribution in [0.5, 0.6) is 0 Å². The van der Waals surface area contributed by atoms with Crippen LogP contribution in [0.15, 0.2) is 35.2 Å². The predicted molar refractivity (Wildman–Crippen MR) is 174 cm³/mol. The maximum Gasteiger partial charge on any atom is 0.243 e. The lowest BCUT2D eigenvalue weighted by Crippen LogP contribution is -2.41. The summed E-state index contributed by atoms with van der Waals surface area (Å²) in [6.07, 6.45) is 7.70. The molecule has 3 aliphatic heterocycles. The summed E-state index contributed by atoms with van der Waals surface area (Å²) < 4.78 is 27.6. The van der Waals surface area contributed by atoms with Crippen molar-refractivity contribution in [1.82, 2.24) is 19.2 Å². The summed E-state index contributed by atoms with van der Waals surface area (Å²) in [5.74, 6) is 2.71. The Bertz CT molecular complexity index is 1260.